The van der Waals surface area contributed by atoms with Gasteiger partial charge in [-0.25, -0.2) is 9.13 Å². The predicted molar refractivity (Wildman–Crippen MR) is 352 cm³/mol. The van der Waals surface area contributed by atoms with Crippen LogP contribution in [0.4, 0.5) is 50.4 Å². The van der Waals surface area contributed by atoms with Crippen LogP contribution in [0.25, 0.3) is 67.5 Å². The Morgan fingerprint density at radius 1 is 0.286 bits per heavy atom. The van der Waals surface area contributed by atoms with Crippen molar-refractivity contribution in [3.63, 3.8) is 0 Å². The standard InChI is InChI=1S/2C30H27N6OP.2C2H3N.2Cu.2F6P/c2*1-22-19-28(25-13-7-4-8-14-25)31-34(22)38(37,35-23(2)20-29(32-35)26-15-9-5-10-16-26)36-24(3)21-30(33-36)27-17-11-6-12-18-27;2*1-2-3;;;2*1-7(2,3,4,5)6/h2*4-21H,1-3H3;2*1H3;;;;/q;;;;2*+1;2*-1. The molecule has 6 aromatic carbocycles. The third-order valence-electron chi connectivity index (χ3n) is 13.1. The summed E-state index contributed by atoms with van der Waals surface area (Å²) in [4.78, 5) is 0. The number of nitriles is 2. The fraction of sp³-hybridized carbons (Fsp3) is 0.125. The summed E-state index contributed by atoms with van der Waals surface area (Å²) in [5.74, 6) is 0. The van der Waals surface area contributed by atoms with Crippen molar-refractivity contribution in [3.05, 3.63) is 253 Å². The van der Waals surface area contributed by atoms with Crippen LogP contribution in [-0.2, 0) is 43.3 Å². The van der Waals surface area contributed by atoms with Crippen LogP contribution in [0.3, 0.4) is 0 Å². The van der Waals surface area contributed by atoms with Gasteiger partial charge < -0.3 is 0 Å². The van der Waals surface area contributed by atoms with Crippen molar-refractivity contribution in [1.29, 1.82) is 10.5 Å². The molecule has 34 heteroatoms. The van der Waals surface area contributed by atoms with Gasteiger partial charge in [0.2, 0.25) is 0 Å². The van der Waals surface area contributed by atoms with E-state index in [9.17, 15) is 50.4 Å². The van der Waals surface area contributed by atoms with Gasteiger partial charge >= 0.3 is 115 Å². The van der Waals surface area contributed by atoms with E-state index in [1.54, 1.807) is 38.9 Å². The van der Waals surface area contributed by atoms with Gasteiger partial charge in [-0.1, -0.05) is 182 Å². The van der Waals surface area contributed by atoms with E-state index in [-0.39, 0.29) is 34.1 Å². The molecule has 0 fully saturated rings. The fourth-order valence-corrected chi connectivity index (χ4v) is 14.4. The van der Waals surface area contributed by atoms with Crippen molar-refractivity contribution in [2.75, 3.05) is 0 Å². The van der Waals surface area contributed by atoms with Gasteiger partial charge in [0.05, 0.1) is 46.3 Å². The SMILES string of the molecule is CC#N.CC#N.Cc1cc(-c2ccccc2)nn1P(=O)(n1nc(-c2ccccc2)cc1C)n1nc(-c2ccccc2)cc1C.Cc1cc(-c2ccccc2)nn1P(=O)(n1nc(-c2ccccc2)cc1C)n1nc(-c2ccccc2)cc1C.F[P-](F)(F)(F)(F)F.F[P-](F)(F)(F)(F)F.[Cu+].[Cu+]. The molecule has 0 amide bonds. The zero-order valence-corrected chi connectivity index (χ0v) is 58.3. The van der Waals surface area contributed by atoms with Gasteiger partial charge in [0, 0.05) is 81.4 Å². The Morgan fingerprint density at radius 3 is 0.490 bits per heavy atom. The Balaban J connectivity index is 0.000000273. The van der Waals surface area contributed by atoms with Gasteiger partial charge in [0.15, 0.2) is 0 Å². The third-order valence-corrected chi connectivity index (χ3v) is 18.5. The summed E-state index contributed by atoms with van der Waals surface area (Å²) in [6.07, 6.45) is 0. The van der Waals surface area contributed by atoms with Crippen LogP contribution in [0.5, 0.6) is 0 Å². The summed E-state index contributed by atoms with van der Waals surface area (Å²) in [5, 5.41) is 43.9. The van der Waals surface area contributed by atoms with E-state index in [0.29, 0.717) is 0 Å². The number of hydrogen-bond donors (Lipinski definition) is 0. The number of aromatic nitrogens is 12. The molecule has 16 nitrogen and oxygen atoms in total. The van der Waals surface area contributed by atoms with Crippen molar-refractivity contribution in [2.24, 2.45) is 0 Å². The molecule has 0 aliphatic rings. The molecule has 0 bridgehead atoms. The largest absolute Gasteiger partial charge is 1.00 e. The summed E-state index contributed by atoms with van der Waals surface area (Å²) >= 11 is 0. The smallest absolute Gasteiger partial charge is 1.00 e. The van der Waals surface area contributed by atoms with E-state index in [1.165, 1.54) is 13.8 Å². The average molecular weight is 1540 g/mol. The molecule has 0 aliphatic heterocycles. The molecule has 12 rings (SSSR count). The van der Waals surface area contributed by atoms with E-state index in [0.717, 1.165) is 102 Å². The van der Waals surface area contributed by atoms with Crippen LogP contribution < -0.4 is 0 Å². The molecule has 6 heterocycles. The fourth-order valence-electron chi connectivity index (χ4n) is 9.36. The minimum atomic E-state index is -10.7. The van der Waals surface area contributed by atoms with Gasteiger partial charge in [-0.3, -0.25) is 0 Å². The first-order valence-electron chi connectivity index (χ1n) is 28.4. The van der Waals surface area contributed by atoms with Gasteiger partial charge in [-0.2, -0.15) is 67.8 Å². The van der Waals surface area contributed by atoms with E-state index in [2.05, 4.69) is 0 Å². The zero-order chi connectivity index (χ0) is 70.8. The maximum absolute atomic E-state index is 15.5. The first-order valence-corrected chi connectivity index (χ1v) is 35.5. The third kappa shape index (κ3) is 22.0. The topological polar surface area (TPSA) is 189 Å². The summed E-state index contributed by atoms with van der Waals surface area (Å²) in [5.41, 5.74) is 14.6. The van der Waals surface area contributed by atoms with Crippen molar-refractivity contribution < 1.29 is 93.6 Å². The number of halogens is 12. The molecule has 0 N–H and O–H groups in total. The van der Waals surface area contributed by atoms with Crippen LogP contribution >= 0.6 is 30.8 Å². The van der Waals surface area contributed by atoms with Gasteiger partial charge in [-0.05, 0) is 77.9 Å². The molecule has 0 spiro atoms. The van der Waals surface area contributed by atoms with Gasteiger partial charge in [-0.15, -0.1) is 0 Å². The van der Waals surface area contributed by atoms with E-state index >= 15 is 9.13 Å². The van der Waals surface area contributed by atoms with Crippen molar-refractivity contribution in [3.8, 4) is 79.7 Å². The number of hydrogen-bond acceptors (Lipinski definition) is 10. The second-order valence-electron chi connectivity index (χ2n) is 20.9. The van der Waals surface area contributed by atoms with Crippen LogP contribution in [0.2, 0.25) is 0 Å². The van der Waals surface area contributed by atoms with E-state index in [4.69, 9.17) is 41.1 Å². The maximum atomic E-state index is 15.5. The molecule has 524 valence electrons. The number of rotatable bonds is 12. The molecule has 0 radical (unpaired) electrons. The number of aryl methyl sites for hydroxylation is 6. The van der Waals surface area contributed by atoms with Crippen LogP contribution in [-0.4, -0.2) is 57.3 Å². The average Bonchev–Trinajstić information content (AvgIpc) is 1.55. The summed E-state index contributed by atoms with van der Waals surface area (Å²) < 4.78 is 159. The Bertz CT molecular complexity index is 4090. The second-order valence-corrected chi connectivity index (χ2v) is 29.1. The van der Waals surface area contributed by atoms with Crippen molar-refractivity contribution in [1.82, 2.24) is 57.3 Å². The summed E-state index contributed by atoms with van der Waals surface area (Å²) in [6, 6.07) is 74.6. The normalized spacial score (nSPS) is 12.5. The first kappa shape index (κ1) is 79.8. The molecule has 0 saturated carbocycles. The van der Waals surface area contributed by atoms with Gasteiger partial charge in [0.1, 0.15) is 0 Å². The Hall–Kier alpha value is -8.92. The molecule has 0 aliphatic carbocycles. The Morgan fingerprint density at radius 2 is 0.388 bits per heavy atom. The molecule has 98 heavy (non-hydrogen) atoms. The molecule has 12 aromatic rings. The molecule has 0 saturated heterocycles. The van der Waals surface area contributed by atoms with Crippen molar-refractivity contribution in [2.45, 2.75) is 55.4 Å². The Labute approximate surface area is 576 Å². The minimum Gasteiger partial charge on any atom is 1.00 e. The van der Waals surface area contributed by atoms with E-state index < -0.39 is 30.8 Å². The van der Waals surface area contributed by atoms with Crippen molar-refractivity contribution >= 4 is 30.8 Å². The zero-order valence-electron chi connectivity index (χ0n) is 52.8. The molecular formula is C64H60Cu2F12N14O2P4. The monoisotopic (exact) mass is 1530 g/mol. The first-order chi connectivity index (χ1) is 44.6. The maximum Gasteiger partial charge on any atom is 1.00 e. The molecule has 0 atom stereocenters. The van der Waals surface area contributed by atoms with E-state index in [1.807, 2.05) is 260 Å². The quantitative estimate of drug-likeness (QED) is 0.0646. The minimum absolute atomic E-state index is 0. The molecular weight excluding hydrogens is 1480 g/mol. The summed E-state index contributed by atoms with van der Waals surface area (Å²) in [7, 11) is -28.9. The van der Waals surface area contributed by atoms with Gasteiger partial charge in [0.25, 0.3) is 0 Å². The second kappa shape index (κ2) is 30.1. The number of benzene rings is 6. The Kier molecular flexibility index (Phi) is 24.5. The molecule has 0 unspecified atom stereocenters. The summed E-state index contributed by atoms with van der Waals surface area (Å²) in [6.45, 7) is 14.4. The van der Waals surface area contributed by atoms with Crippen LogP contribution in [0, 0.1) is 64.2 Å². The predicted octanol–water partition coefficient (Wildman–Crippen LogP) is 22.3. The van der Waals surface area contributed by atoms with Crippen LogP contribution in [0.15, 0.2) is 218 Å². The van der Waals surface area contributed by atoms with Crippen LogP contribution in [0.1, 0.15) is 48.0 Å². The number of nitrogens with zero attached hydrogens (tertiary/aromatic N) is 14. The molecule has 6 aromatic heterocycles.